The van der Waals surface area contributed by atoms with Gasteiger partial charge in [0.15, 0.2) is 0 Å². The molecule has 0 aliphatic carbocycles. The third-order valence-electron chi connectivity index (χ3n) is 4.50. The third kappa shape index (κ3) is 5.59. The van der Waals surface area contributed by atoms with Crippen molar-refractivity contribution < 1.29 is 19.4 Å². The lowest BCUT2D eigenvalue weighted by Gasteiger charge is -2.13. The summed E-state index contributed by atoms with van der Waals surface area (Å²) in [6.07, 6.45) is 6.81. The summed E-state index contributed by atoms with van der Waals surface area (Å²) in [6.45, 7) is 1.92. The van der Waals surface area contributed by atoms with Crippen molar-refractivity contribution in [2.75, 3.05) is 0 Å². The van der Waals surface area contributed by atoms with E-state index in [1.807, 2.05) is 0 Å². The van der Waals surface area contributed by atoms with Gasteiger partial charge in [-0.15, -0.1) is 22.5 Å². The number of aliphatic hydroxyl groups is 1. The van der Waals surface area contributed by atoms with Crippen LogP contribution in [0.15, 0.2) is 22.6 Å². The number of carbonyl (C=O) groups is 1. The monoisotopic (exact) mass is 409 g/mol. The van der Waals surface area contributed by atoms with Crippen LogP contribution in [-0.2, 0) is 24.2 Å². The summed E-state index contributed by atoms with van der Waals surface area (Å²) >= 11 is 0. The Kier molecular flexibility index (Phi) is 7.06. The van der Waals surface area contributed by atoms with Crippen molar-refractivity contribution in [3.8, 4) is 12.3 Å². The van der Waals surface area contributed by atoms with Crippen LogP contribution in [-0.4, -0.2) is 36.3 Å². The minimum atomic E-state index is -0.951. The van der Waals surface area contributed by atoms with Crippen LogP contribution in [0.25, 0.3) is 11.0 Å². The molecule has 0 saturated heterocycles. The van der Waals surface area contributed by atoms with Crippen LogP contribution in [0.4, 0.5) is 0 Å². The molecule has 0 amide bonds. The van der Waals surface area contributed by atoms with Crippen LogP contribution in [0.1, 0.15) is 54.2 Å². The molecule has 0 spiro atoms. The van der Waals surface area contributed by atoms with Crippen molar-refractivity contribution >= 4 is 17.0 Å². The average molecular weight is 409 g/mol. The molecule has 156 valence electrons. The molecule has 1 aromatic carbocycles. The minimum Gasteiger partial charge on any atom is -0.481 e. The SMILES string of the molecule is C#CCc1nc2ccc(C(O)NCc3nnc(C)o3)cc2nc1CCCCC(=O)O. The molecular weight excluding hydrogens is 386 g/mol. The van der Waals surface area contributed by atoms with Crippen molar-refractivity contribution in [3.05, 3.63) is 46.9 Å². The minimum absolute atomic E-state index is 0.118. The molecule has 9 heteroatoms. The second kappa shape index (κ2) is 9.91. The first-order valence-electron chi connectivity index (χ1n) is 9.61. The number of aliphatic hydroxyl groups excluding tert-OH is 1. The number of hydrogen-bond acceptors (Lipinski definition) is 8. The van der Waals surface area contributed by atoms with Crippen LogP contribution >= 0.6 is 0 Å². The Hall–Kier alpha value is -3.35. The molecule has 1 unspecified atom stereocenters. The number of fused-ring (bicyclic) bond motifs is 1. The molecule has 9 nitrogen and oxygen atoms in total. The van der Waals surface area contributed by atoms with Gasteiger partial charge in [-0.1, -0.05) is 6.07 Å². The third-order valence-corrected chi connectivity index (χ3v) is 4.50. The standard InChI is InChI=1S/C21H23N5O4/c1-3-6-15-16(7-4-5-8-20(27)28)24-18-11-14(9-10-17(18)23-15)21(29)22-12-19-26-25-13(2)30-19/h1,9-11,21-22,29H,4-8,12H2,2H3,(H,27,28). The Balaban J connectivity index is 1.76. The van der Waals surface area contributed by atoms with E-state index in [0.717, 1.165) is 11.4 Å². The summed E-state index contributed by atoms with van der Waals surface area (Å²) in [6, 6.07) is 5.31. The largest absolute Gasteiger partial charge is 0.481 e. The molecule has 1 atom stereocenters. The van der Waals surface area contributed by atoms with E-state index in [4.69, 9.17) is 15.9 Å². The molecule has 2 heterocycles. The van der Waals surface area contributed by atoms with Gasteiger partial charge in [-0.3, -0.25) is 10.1 Å². The zero-order valence-corrected chi connectivity index (χ0v) is 16.6. The number of rotatable bonds is 10. The topological polar surface area (TPSA) is 134 Å². The molecular formula is C21H23N5O4. The fraction of sp³-hybridized carbons (Fsp3) is 0.381. The molecule has 0 fully saturated rings. The Morgan fingerprint density at radius 3 is 2.73 bits per heavy atom. The van der Waals surface area contributed by atoms with E-state index >= 15 is 0 Å². The summed E-state index contributed by atoms with van der Waals surface area (Å²) in [5, 5.41) is 29.8. The van der Waals surface area contributed by atoms with Gasteiger partial charge in [0.2, 0.25) is 11.8 Å². The lowest BCUT2D eigenvalue weighted by molar-refractivity contribution is -0.137. The van der Waals surface area contributed by atoms with Crippen LogP contribution < -0.4 is 5.32 Å². The number of aryl methyl sites for hydroxylation is 2. The molecule has 2 aromatic heterocycles. The van der Waals surface area contributed by atoms with Gasteiger partial charge in [-0.05, 0) is 37.0 Å². The molecule has 0 saturated carbocycles. The van der Waals surface area contributed by atoms with Gasteiger partial charge in [0, 0.05) is 13.3 Å². The summed E-state index contributed by atoms with van der Waals surface area (Å²) in [5.74, 6) is 2.62. The second-order valence-corrected chi connectivity index (χ2v) is 6.85. The summed E-state index contributed by atoms with van der Waals surface area (Å²) in [4.78, 5) is 20.0. The normalized spacial score (nSPS) is 12.0. The Morgan fingerprint density at radius 1 is 1.23 bits per heavy atom. The van der Waals surface area contributed by atoms with Crippen LogP contribution in [0.5, 0.6) is 0 Å². The fourth-order valence-electron chi connectivity index (χ4n) is 3.03. The zero-order valence-electron chi connectivity index (χ0n) is 16.6. The Labute approximate surface area is 173 Å². The summed E-state index contributed by atoms with van der Waals surface area (Å²) < 4.78 is 5.28. The van der Waals surface area contributed by atoms with Gasteiger partial charge in [0.1, 0.15) is 6.23 Å². The number of benzene rings is 1. The summed E-state index contributed by atoms with van der Waals surface area (Å²) in [5.41, 5.74) is 3.41. The molecule has 3 rings (SSSR count). The number of hydrogen-bond donors (Lipinski definition) is 3. The van der Waals surface area contributed by atoms with Crippen molar-refractivity contribution in [3.63, 3.8) is 0 Å². The number of carboxylic acid groups (broad SMARTS) is 1. The maximum absolute atomic E-state index is 10.7. The maximum atomic E-state index is 10.7. The first kappa shape index (κ1) is 21.4. The second-order valence-electron chi connectivity index (χ2n) is 6.85. The number of carboxylic acids is 1. The lowest BCUT2D eigenvalue weighted by Crippen LogP contribution is -2.20. The van der Waals surface area contributed by atoms with Crippen molar-refractivity contribution in [1.29, 1.82) is 0 Å². The van der Waals surface area contributed by atoms with E-state index in [9.17, 15) is 9.90 Å². The molecule has 30 heavy (non-hydrogen) atoms. The molecule has 3 N–H and O–H groups in total. The predicted molar refractivity (Wildman–Crippen MR) is 108 cm³/mol. The van der Waals surface area contributed by atoms with E-state index in [1.165, 1.54) is 0 Å². The van der Waals surface area contributed by atoms with E-state index in [2.05, 4.69) is 31.4 Å². The van der Waals surface area contributed by atoms with Crippen molar-refractivity contribution in [2.45, 2.75) is 51.8 Å². The quantitative estimate of drug-likeness (QED) is 0.261. The lowest BCUT2D eigenvalue weighted by atomic mass is 10.1. The Morgan fingerprint density at radius 2 is 2.03 bits per heavy atom. The molecule has 0 radical (unpaired) electrons. The first-order valence-corrected chi connectivity index (χ1v) is 9.61. The zero-order chi connectivity index (χ0) is 21.5. The van der Waals surface area contributed by atoms with E-state index in [-0.39, 0.29) is 13.0 Å². The van der Waals surface area contributed by atoms with Crippen LogP contribution in [0.2, 0.25) is 0 Å². The molecule has 3 aromatic rings. The van der Waals surface area contributed by atoms with E-state index in [0.29, 0.717) is 54.1 Å². The fourth-order valence-corrected chi connectivity index (χ4v) is 3.03. The van der Waals surface area contributed by atoms with Gasteiger partial charge < -0.3 is 14.6 Å². The summed E-state index contributed by atoms with van der Waals surface area (Å²) in [7, 11) is 0. The average Bonchev–Trinajstić information content (AvgIpc) is 3.14. The molecule has 0 bridgehead atoms. The highest BCUT2D eigenvalue weighted by atomic mass is 16.4. The first-order chi connectivity index (χ1) is 14.5. The van der Waals surface area contributed by atoms with Crippen LogP contribution in [0, 0.1) is 19.3 Å². The van der Waals surface area contributed by atoms with Gasteiger partial charge in [-0.25, -0.2) is 9.97 Å². The smallest absolute Gasteiger partial charge is 0.303 e. The maximum Gasteiger partial charge on any atom is 0.303 e. The van der Waals surface area contributed by atoms with E-state index in [1.54, 1.807) is 25.1 Å². The van der Waals surface area contributed by atoms with Gasteiger partial charge >= 0.3 is 5.97 Å². The van der Waals surface area contributed by atoms with Crippen molar-refractivity contribution in [1.82, 2.24) is 25.5 Å². The highest BCUT2D eigenvalue weighted by Crippen LogP contribution is 2.20. The highest BCUT2D eigenvalue weighted by Gasteiger charge is 2.13. The van der Waals surface area contributed by atoms with E-state index < -0.39 is 12.2 Å². The number of nitrogens with one attached hydrogen (secondary N) is 1. The molecule has 0 aliphatic rings. The predicted octanol–water partition coefficient (Wildman–Crippen LogP) is 2.08. The number of unbranched alkanes of at least 4 members (excludes halogenated alkanes) is 1. The number of terminal acetylenes is 1. The van der Waals surface area contributed by atoms with Gasteiger partial charge in [0.25, 0.3) is 0 Å². The Bertz CT molecular complexity index is 1070. The molecule has 0 aliphatic heterocycles. The van der Waals surface area contributed by atoms with Crippen molar-refractivity contribution in [2.24, 2.45) is 0 Å². The van der Waals surface area contributed by atoms with Crippen LogP contribution in [0.3, 0.4) is 0 Å². The number of nitrogens with zero attached hydrogens (tertiary/aromatic N) is 4. The highest BCUT2D eigenvalue weighted by molar-refractivity contribution is 5.75. The van der Waals surface area contributed by atoms with Gasteiger partial charge in [-0.2, -0.15) is 0 Å². The number of aliphatic carboxylic acids is 1. The number of aromatic nitrogens is 4. The van der Waals surface area contributed by atoms with Gasteiger partial charge in [0.05, 0.1) is 35.4 Å².